The number of aryl methyl sites for hydroxylation is 1. The van der Waals surface area contributed by atoms with Crippen molar-refractivity contribution in [2.45, 2.75) is 19.8 Å². The molecule has 2 nitrogen and oxygen atoms in total. The molecule has 2 rings (SSSR count). The largest absolute Gasteiger partial charge is 0.399 e. The summed E-state index contributed by atoms with van der Waals surface area (Å²) >= 11 is 0. The van der Waals surface area contributed by atoms with Crippen molar-refractivity contribution in [1.82, 2.24) is 4.98 Å². The number of hydrogen-bond donors (Lipinski definition) is 1. The van der Waals surface area contributed by atoms with Gasteiger partial charge in [-0.3, -0.25) is 4.98 Å². The molecule has 0 amide bonds. The van der Waals surface area contributed by atoms with E-state index < -0.39 is 0 Å². The van der Waals surface area contributed by atoms with Crippen molar-refractivity contribution in [3.8, 4) is 0 Å². The van der Waals surface area contributed by atoms with Crippen LogP contribution in [0.3, 0.4) is 0 Å². The molecular formula is C12H14N2. The highest BCUT2D eigenvalue weighted by Gasteiger charge is 2.03. The third-order valence-electron chi connectivity index (χ3n) is 2.49. The lowest BCUT2D eigenvalue weighted by atomic mass is 10.1. The van der Waals surface area contributed by atoms with Crippen LogP contribution in [-0.4, -0.2) is 4.98 Å². The Hall–Kier alpha value is -1.57. The van der Waals surface area contributed by atoms with Crippen LogP contribution in [0.15, 0.2) is 12.6 Å². The normalized spacial score (nSPS) is 13.8. The molecule has 0 saturated carbocycles. The van der Waals surface area contributed by atoms with Crippen LogP contribution in [0, 0.1) is 6.92 Å². The fourth-order valence-electron chi connectivity index (χ4n) is 1.75. The molecule has 1 aliphatic rings. The Balaban J connectivity index is 2.76. The van der Waals surface area contributed by atoms with E-state index in [-0.39, 0.29) is 0 Å². The summed E-state index contributed by atoms with van der Waals surface area (Å²) in [5.74, 6) is 0. The topological polar surface area (TPSA) is 38.9 Å². The predicted molar refractivity (Wildman–Crippen MR) is 59.6 cm³/mol. The van der Waals surface area contributed by atoms with Gasteiger partial charge < -0.3 is 5.73 Å². The molecular weight excluding hydrogens is 172 g/mol. The lowest BCUT2D eigenvalue weighted by Crippen LogP contribution is -2.31. The lowest BCUT2D eigenvalue weighted by molar-refractivity contribution is 1.04. The first-order chi connectivity index (χ1) is 6.68. The summed E-state index contributed by atoms with van der Waals surface area (Å²) in [6.45, 7) is 5.72. The van der Waals surface area contributed by atoms with Crippen molar-refractivity contribution < 1.29 is 0 Å². The molecule has 1 aromatic heterocycles. The molecule has 1 aliphatic carbocycles. The minimum absolute atomic E-state index is 0.594. The van der Waals surface area contributed by atoms with E-state index in [9.17, 15) is 0 Å². The number of rotatable bonds is 1. The number of nitrogens with two attached hydrogens (primary N) is 1. The zero-order valence-corrected chi connectivity index (χ0v) is 8.38. The maximum absolute atomic E-state index is 5.69. The second kappa shape index (κ2) is 3.29. The summed E-state index contributed by atoms with van der Waals surface area (Å²) < 4.78 is 0. The Kier molecular flexibility index (Phi) is 2.12. The summed E-state index contributed by atoms with van der Waals surface area (Å²) in [6, 6.07) is 2.08. The summed E-state index contributed by atoms with van der Waals surface area (Å²) in [4.78, 5) is 4.51. The van der Waals surface area contributed by atoms with E-state index in [0.29, 0.717) is 5.70 Å². The highest BCUT2D eigenvalue weighted by Crippen LogP contribution is 2.07. The minimum atomic E-state index is 0.594. The Bertz CT molecular complexity index is 498. The SMILES string of the molecule is C=C(N)c1cc2c(nc1C)=CCCC=2. The van der Waals surface area contributed by atoms with Gasteiger partial charge in [0.1, 0.15) is 0 Å². The Morgan fingerprint density at radius 3 is 2.86 bits per heavy atom. The van der Waals surface area contributed by atoms with Gasteiger partial charge in [-0.25, -0.2) is 0 Å². The molecule has 2 heteroatoms. The van der Waals surface area contributed by atoms with E-state index in [1.807, 2.05) is 6.92 Å². The molecule has 1 heterocycles. The molecule has 0 unspecified atom stereocenters. The van der Waals surface area contributed by atoms with Gasteiger partial charge in [0.25, 0.3) is 0 Å². The van der Waals surface area contributed by atoms with Crippen LogP contribution in [0.1, 0.15) is 24.1 Å². The van der Waals surface area contributed by atoms with E-state index in [4.69, 9.17) is 5.73 Å². The quantitative estimate of drug-likeness (QED) is 0.700. The van der Waals surface area contributed by atoms with Gasteiger partial charge >= 0.3 is 0 Å². The summed E-state index contributed by atoms with van der Waals surface area (Å²) in [5.41, 5.74) is 8.21. The molecule has 0 saturated heterocycles. The number of hydrogen-bond acceptors (Lipinski definition) is 2. The smallest absolute Gasteiger partial charge is 0.0662 e. The Morgan fingerprint density at radius 2 is 2.14 bits per heavy atom. The van der Waals surface area contributed by atoms with E-state index in [1.54, 1.807) is 0 Å². The molecule has 0 fully saturated rings. The van der Waals surface area contributed by atoms with Gasteiger partial charge in [0, 0.05) is 17.0 Å². The van der Waals surface area contributed by atoms with Crippen LogP contribution in [-0.2, 0) is 0 Å². The van der Waals surface area contributed by atoms with Crippen molar-refractivity contribution in [3.05, 3.63) is 34.5 Å². The third-order valence-corrected chi connectivity index (χ3v) is 2.49. The molecule has 14 heavy (non-hydrogen) atoms. The van der Waals surface area contributed by atoms with Crippen LogP contribution in [0.2, 0.25) is 0 Å². The minimum Gasteiger partial charge on any atom is -0.399 e. The van der Waals surface area contributed by atoms with Crippen molar-refractivity contribution in [2.24, 2.45) is 5.73 Å². The fraction of sp³-hybridized carbons (Fsp3) is 0.250. The molecule has 0 atom stereocenters. The van der Waals surface area contributed by atoms with Gasteiger partial charge in [0.05, 0.1) is 5.35 Å². The average molecular weight is 186 g/mol. The highest BCUT2D eigenvalue weighted by atomic mass is 14.7. The van der Waals surface area contributed by atoms with Gasteiger partial charge in [-0.2, -0.15) is 0 Å². The van der Waals surface area contributed by atoms with Crippen LogP contribution in [0.4, 0.5) is 0 Å². The van der Waals surface area contributed by atoms with Gasteiger partial charge in [-0.15, -0.1) is 0 Å². The van der Waals surface area contributed by atoms with E-state index in [1.165, 1.54) is 5.22 Å². The number of aromatic nitrogens is 1. The first-order valence-electron chi connectivity index (χ1n) is 4.81. The number of fused-ring (bicyclic) bond motifs is 1. The van der Waals surface area contributed by atoms with Gasteiger partial charge in [-0.1, -0.05) is 18.7 Å². The average Bonchev–Trinajstić information content (AvgIpc) is 2.16. The first kappa shape index (κ1) is 9.00. The summed E-state index contributed by atoms with van der Waals surface area (Å²) in [5, 5.41) is 2.27. The van der Waals surface area contributed by atoms with E-state index in [0.717, 1.165) is 29.4 Å². The van der Waals surface area contributed by atoms with Crippen LogP contribution < -0.4 is 16.3 Å². The molecule has 0 bridgehead atoms. The predicted octanol–water partition coefficient (Wildman–Crippen LogP) is 0.674. The van der Waals surface area contributed by atoms with Crippen molar-refractivity contribution >= 4 is 17.8 Å². The van der Waals surface area contributed by atoms with Gasteiger partial charge in [0.15, 0.2) is 0 Å². The second-order valence-corrected chi connectivity index (χ2v) is 3.61. The highest BCUT2D eigenvalue weighted by molar-refractivity contribution is 5.62. The van der Waals surface area contributed by atoms with E-state index in [2.05, 4.69) is 29.8 Å². The first-order valence-corrected chi connectivity index (χ1v) is 4.81. The number of pyridine rings is 1. The van der Waals surface area contributed by atoms with Crippen LogP contribution in [0.5, 0.6) is 0 Å². The molecule has 0 spiro atoms. The summed E-state index contributed by atoms with van der Waals surface area (Å²) in [6.07, 6.45) is 6.55. The standard InChI is InChI=1S/C12H14N2/c1-8(13)11-7-10-5-3-4-6-12(10)14-9(11)2/h5-7H,1,3-4,13H2,2H3. The molecule has 0 aromatic carbocycles. The zero-order chi connectivity index (χ0) is 10.1. The van der Waals surface area contributed by atoms with E-state index >= 15 is 0 Å². The number of nitrogens with zero attached hydrogens (tertiary/aromatic N) is 1. The second-order valence-electron chi connectivity index (χ2n) is 3.61. The van der Waals surface area contributed by atoms with Gasteiger partial charge in [0.2, 0.25) is 0 Å². The van der Waals surface area contributed by atoms with Crippen molar-refractivity contribution in [1.29, 1.82) is 0 Å². The zero-order valence-electron chi connectivity index (χ0n) is 8.38. The van der Waals surface area contributed by atoms with Crippen molar-refractivity contribution in [2.75, 3.05) is 0 Å². The molecule has 0 radical (unpaired) electrons. The van der Waals surface area contributed by atoms with Crippen LogP contribution >= 0.6 is 0 Å². The van der Waals surface area contributed by atoms with Crippen molar-refractivity contribution in [3.63, 3.8) is 0 Å². The fourth-order valence-corrected chi connectivity index (χ4v) is 1.75. The molecule has 1 aromatic rings. The maximum atomic E-state index is 5.69. The monoisotopic (exact) mass is 186 g/mol. The molecule has 0 aliphatic heterocycles. The Labute approximate surface area is 83.5 Å². The Morgan fingerprint density at radius 1 is 1.43 bits per heavy atom. The summed E-state index contributed by atoms with van der Waals surface area (Å²) in [7, 11) is 0. The van der Waals surface area contributed by atoms with Crippen LogP contribution in [0.25, 0.3) is 17.8 Å². The lowest BCUT2D eigenvalue weighted by Gasteiger charge is -2.06. The van der Waals surface area contributed by atoms with Gasteiger partial charge in [-0.05, 0) is 31.1 Å². The molecule has 72 valence electrons. The molecule has 2 N–H and O–H groups in total. The maximum Gasteiger partial charge on any atom is 0.0662 e. The third kappa shape index (κ3) is 1.43.